The van der Waals surface area contributed by atoms with Crippen LogP contribution in [0, 0.1) is 6.92 Å². The molecule has 0 amide bonds. The number of benzene rings is 3. The molecule has 5 nitrogen and oxygen atoms in total. The lowest BCUT2D eigenvalue weighted by Crippen LogP contribution is -2.29. The van der Waals surface area contributed by atoms with Crippen LogP contribution in [0.4, 0.5) is 0 Å². The van der Waals surface area contributed by atoms with Gasteiger partial charge in [0.15, 0.2) is 5.82 Å². The summed E-state index contributed by atoms with van der Waals surface area (Å²) in [7, 11) is -1.48. The third-order valence-electron chi connectivity index (χ3n) is 5.13. The SMILES string of the molecule is Cc1cc(Br)ncc1Br.OB(O)c1ccc(-c2nc(-c3ccccc3)c3ccccc3n2)cc1. The van der Waals surface area contributed by atoms with Crippen LogP contribution in [-0.4, -0.2) is 32.1 Å². The molecule has 0 aliphatic carbocycles. The molecule has 0 spiro atoms. The van der Waals surface area contributed by atoms with Crippen LogP contribution in [-0.2, 0) is 0 Å². The van der Waals surface area contributed by atoms with Gasteiger partial charge >= 0.3 is 7.12 Å². The van der Waals surface area contributed by atoms with Crippen LogP contribution in [0.5, 0.6) is 0 Å². The van der Waals surface area contributed by atoms with E-state index in [2.05, 4.69) is 41.8 Å². The standard InChI is InChI=1S/C20H15BN2O2.C6H5Br2N/c24-21(25)16-12-10-15(11-13-16)20-22-18-9-5-4-8-17(18)19(23-20)14-6-2-1-3-7-14;1-4-2-6(8)9-3-5(4)7/h1-13,24-25H;2-3H,1H3. The molecule has 0 radical (unpaired) electrons. The first-order chi connectivity index (χ1) is 16.4. The Kier molecular flexibility index (Phi) is 7.85. The van der Waals surface area contributed by atoms with Crippen LogP contribution in [0.15, 0.2) is 100 Å². The maximum atomic E-state index is 9.24. The zero-order valence-corrected chi connectivity index (χ0v) is 21.4. The van der Waals surface area contributed by atoms with Gasteiger partial charge in [-0.1, -0.05) is 72.8 Å². The summed E-state index contributed by atoms with van der Waals surface area (Å²) in [4.78, 5) is 13.5. The molecule has 5 rings (SSSR count). The van der Waals surface area contributed by atoms with Crippen molar-refractivity contribution in [1.82, 2.24) is 15.0 Å². The van der Waals surface area contributed by atoms with Gasteiger partial charge in [0.1, 0.15) is 4.60 Å². The number of hydrogen-bond acceptors (Lipinski definition) is 5. The number of fused-ring (bicyclic) bond motifs is 1. The molecule has 8 heteroatoms. The third kappa shape index (κ3) is 5.77. The van der Waals surface area contributed by atoms with Crippen molar-refractivity contribution in [3.63, 3.8) is 0 Å². The maximum Gasteiger partial charge on any atom is 0.488 e. The fraction of sp³-hybridized carbons (Fsp3) is 0.0385. The van der Waals surface area contributed by atoms with Crippen molar-refractivity contribution >= 4 is 55.3 Å². The predicted molar refractivity (Wildman–Crippen MR) is 145 cm³/mol. The number of halogens is 2. The number of para-hydroxylation sites is 1. The Balaban J connectivity index is 0.000000257. The normalized spacial score (nSPS) is 10.5. The summed E-state index contributed by atoms with van der Waals surface area (Å²) >= 11 is 6.61. The first-order valence-corrected chi connectivity index (χ1v) is 12.1. The minimum Gasteiger partial charge on any atom is -0.423 e. The summed E-state index contributed by atoms with van der Waals surface area (Å²) in [6.07, 6.45) is 1.78. The Labute approximate surface area is 215 Å². The molecule has 0 aliphatic heterocycles. The summed E-state index contributed by atoms with van der Waals surface area (Å²) in [6.45, 7) is 2.02. The lowest BCUT2D eigenvalue weighted by atomic mass is 9.80. The highest BCUT2D eigenvalue weighted by Gasteiger charge is 2.13. The molecule has 2 N–H and O–H groups in total. The molecule has 0 fully saturated rings. The molecule has 2 aromatic heterocycles. The van der Waals surface area contributed by atoms with E-state index in [4.69, 9.17) is 4.98 Å². The second-order valence-corrected chi connectivity index (χ2v) is 9.20. The Bertz CT molecular complexity index is 1420. The van der Waals surface area contributed by atoms with E-state index in [1.54, 1.807) is 30.5 Å². The molecule has 0 aliphatic rings. The van der Waals surface area contributed by atoms with Crippen molar-refractivity contribution in [1.29, 1.82) is 0 Å². The van der Waals surface area contributed by atoms with Crippen LogP contribution < -0.4 is 5.46 Å². The zero-order chi connectivity index (χ0) is 24.1. The van der Waals surface area contributed by atoms with Crippen molar-refractivity contribution in [2.75, 3.05) is 0 Å². The number of nitrogens with zero attached hydrogens (tertiary/aromatic N) is 3. The second kappa shape index (κ2) is 11.0. The molecule has 3 aromatic carbocycles. The summed E-state index contributed by atoms with van der Waals surface area (Å²) in [5, 5.41) is 19.5. The lowest BCUT2D eigenvalue weighted by molar-refractivity contribution is 0.426. The van der Waals surface area contributed by atoms with Crippen LogP contribution >= 0.6 is 31.9 Å². The van der Waals surface area contributed by atoms with Gasteiger partial charge in [-0.25, -0.2) is 15.0 Å². The minimum atomic E-state index is -1.48. The fourth-order valence-corrected chi connectivity index (χ4v) is 3.99. The quantitative estimate of drug-likeness (QED) is 0.217. The van der Waals surface area contributed by atoms with E-state index in [0.29, 0.717) is 11.3 Å². The van der Waals surface area contributed by atoms with Crippen molar-refractivity contribution in [3.05, 3.63) is 106 Å². The number of aromatic nitrogens is 3. The maximum absolute atomic E-state index is 9.24. The van der Waals surface area contributed by atoms with E-state index in [1.807, 2.05) is 67.6 Å². The van der Waals surface area contributed by atoms with E-state index < -0.39 is 7.12 Å². The van der Waals surface area contributed by atoms with E-state index in [0.717, 1.165) is 36.8 Å². The van der Waals surface area contributed by atoms with Gasteiger partial charge in [0.2, 0.25) is 0 Å². The van der Waals surface area contributed by atoms with Crippen LogP contribution in [0.2, 0.25) is 0 Å². The summed E-state index contributed by atoms with van der Waals surface area (Å²) in [5.74, 6) is 0.608. The molecule has 0 saturated carbocycles. The van der Waals surface area contributed by atoms with Gasteiger partial charge in [-0.2, -0.15) is 0 Å². The number of hydrogen-bond donors (Lipinski definition) is 2. The van der Waals surface area contributed by atoms with Crippen molar-refractivity contribution in [3.8, 4) is 22.6 Å². The molecule has 34 heavy (non-hydrogen) atoms. The topological polar surface area (TPSA) is 79.1 Å². The number of pyridine rings is 1. The van der Waals surface area contributed by atoms with Gasteiger partial charge in [0.05, 0.1) is 11.2 Å². The number of rotatable bonds is 3. The van der Waals surface area contributed by atoms with Crippen molar-refractivity contribution < 1.29 is 10.0 Å². The highest BCUT2D eigenvalue weighted by Crippen LogP contribution is 2.28. The van der Waals surface area contributed by atoms with E-state index >= 15 is 0 Å². The van der Waals surface area contributed by atoms with Crippen LogP contribution in [0.25, 0.3) is 33.5 Å². The largest absolute Gasteiger partial charge is 0.488 e. The number of aryl methyl sites for hydroxylation is 1. The molecule has 0 saturated heterocycles. The van der Waals surface area contributed by atoms with E-state index in [-0.39, 0.29) is 0 Å². The molecule has 0 atom stereocenters. The first kappa shape index (κ1) is 24.2. The molecule has 5 aromatic rings. The average molecular weight is 577 g/mol. The van der Waals surface area contributed by atoms with Crippen LogP contribution in [0.3, 0.4) is 0 Å². The highest BCUT2D eigenvalue weighted by atomic mass is 79.9. The summed E-state index contributed by atoms with van der Waals surface area (Å²) in [5.41, 5.74) is 5.24. The van der Waals surface area contributed by atoms with Crippen LogP contribution in [0.1, 0.15) is 5.56 Å². The summed E-state index contributed by atoms with van der Waals surface area (Å²) < 4.78 is 1.92. The smallest absolute Gasteiger partial charge is 0.423 e. The zero-order valence-electron chi connectivity index (χ0n) is 18.2. The Morgan fingerprint density at radius 3 is 2.09 bits per heavy atom. The first-order valence-electron chi connectivity index (χ1n) is 10.5. The van der Waals surface area contributed by atoms with Crippen molar-refractivity contribution in [2.24, 2.45) is 0 Å². The van der Waals surface area contributed by atoms with Gasteiger partial charge in [-0.15, -0.1) is 0 Å². The lowest BCUT2D eigenvalue weighted by Gasteiger charge is -2.09. The Hall–Kier alpha value is -2.91. The van der Waals surface area contributed by atoms with Gasteiger partial charge in [-0.3, -0.25) is 0 Å². The van der Waals surface area contributed by atoms with Crippen molar-refractivity contribution in [2.45, 2.75) is 6.92 Å². The molecule has 2 heterocycles. The van der Waals surface area contributed by atoms with Gasteiger partial charge in [0.25, 0.3) is 0 Å². The minimum absolute atomic E-state index is 0.438. The molecule has 168 valence electrons. The monoisotopic (exact) mass is 575 g/mol. The third-order valence-corrected chi connectivity index (χ3v) is 6.39. The van der Waals surface area contributed by atoms with E-state index in [1.165, 1.54) is 5.56 Å². The predicted octanol–water partition coefficient (Wildman–Crippen LogP) is 5.56. The van der Waals surface area contributed by atoms with Gasteiger partial charge < -0.3 is 10.0 Å². The Morgan fingerprint density at radius 2 is 1.44 bits per heavy atom. The molecule has 0 bridgehead atoms. The van der Waals surface area contributed by atoms with Gasteiger partial charge in [0, 0.05) is 27.2 Å². The van der Waals surface area contributed by atoms with E-state index in [9.17, 15) is 10.0 Å². The summed E-state index contributed by atoms with van der Waals surface area (Å²) in [6, 6.07) is 26.8. The van der Waals surface area contributed by atoms with Gasteiger partial charge in [-0.05, 0) is 61.9 Å². The fourth-order valence-electron chi connectivity index (χ4n) is 3.33. The highest BCUT2D eigenvalue weighted by molar-refractivity contribution is 9.11. The second-order valence-electron chi connectivity index (χ2n) is 7.53. The Morgan fingerprint density at radius 1 is 0.765 bits per heavy atom. The molecular formula is C26H20BBr2N3O2. The average Bonchev–Trinajstić information content (AvgIpc) is 2.87. The molecular weight excluding hydrogens is 557 g/mol. The molecule has 0 unspecified atom stereocenters.